The van der Waals surface area contributed by atoms with Crippen LogP contribution in [0, 0.1) is 3.95 Å². The van der Waals surface area contributed by atoms with E-state index >= 15 is 0 Å². The molecule has 5 heteroatoms. The maximum absolute atomic E-state index is 5.58. The third-order valence-corrected chi connectivity index (χ3v) is 8.08. The molecule has 0 N–H and O–H groups in total. The number of thiazole rings is 1. The highest BCUT2D eigenvalue weighted by molar-refractivity contribution is 7.73. The van der Waals surface area contributed by atoms with E-state index in [0.29, 0.717) is 12.0 Å². The van der Waals surface area contributed by atoms with Gasteiger partial charge < -0.3 is 14.2 Å². The number of anilines is 2. The Bertz CT molecular complexity index is 1270. The third kappa shape index (κ3) is 3.54. The summed E-state index contributed by atoms with van der Waals surface area (Å²) in [7, 11) is 1.72. The molecule has 1 fully saturated rings. The number of methoxy groups -OCH3 is 1. The highest BCUT2D eigenvalue weighted by Crippen LogP contribution is 2.52. The van der Waals surface area contributed by atoms with Gasteiger partial charge in [-0.3, -0.25) is 0 Å². The molecule has 0 bridgehead atoms. The lowest BCUT2D eigenvalue weighted by Gasteiger charge is -2.27. The van der Waals surface area contributed by atoms with Gasteiger partial charge in [0.05, 0.1) is 17.0 Å². The van der Waals surface area contributed by atoms with Crippen LogP contribution in [-0.2, 0) is 6.54 Å². The van der Waals surface area contributed by atoms with Crippen molar-refractivity contribution in [2.24, 2.45) is 0 Å². The monoisotopic (exact) mass is 448 g/mol. The number of nitrogens with zero attached hydrogens (tertiary/aromatic N) is 2. The Kier molecular flexibility index (Phi) is 5.49. The zero-order valence-electron chi connectivity index (χ0n) is 18.1. The molecule has 2 unspecified atom stereocenters. The van der Waals surface area contributed by atoms with E-state index in [1.54, 1.807) is 18.4 Å². The van der Waals surface area contributed by atoms with Crippen LogP contribution >= 0.6 is 23.6 Å². The van der Waals surface area contributed by atoms with Crippen LogP contribution in [0.2, 0.25) is 0 Å². The number of hydrogen-bond acceptors (Lipinski definition) is 4. The Balaban J connectivity index is 1.56. The summed E-state index contributed by atoms with van der Waals surface area (Å²) >= 11 is 7.24. The van der Waals surface area contributed by atoms with Crippen molar-refractivity contribution in [1.29, 1.82) is 0 Å². The maximum Gasteiger partial charge on any atom is 0.162 e. The fraction of sp³-hybridized carbons (Fsp3) is 0.346. The molecule has 3 aromatic rings. The summed E-state index contributed by atoms with van der Waals surface area (Å²) in [5, 5.41) is 1.04. The summed E-state index contributed by atoms with van der Waals surface area (Å²) in [6.45, 7) is 7.42. The Labute approximate surface area is 192 Å². The van der Waals surface area contributed by atoms with Crippen LogP contribution in [0.15, 0.2) is 42.5 Å². The van der Waals surface area contributed by atoms with Crippen molar-refractivity contribution in [3.8, 4) is 5.75 Å². The average molecular weight is 449 g/mol. The summed E-state index contributed by atoms with van der Waals surface area (Å²) in [5.74, 6) is 1.50. The second-order valence-corrected chi connectivity index (χ2v) is 10.1. The Morgan fingerprint density at radius 3 is 2.74 bits per heavy atom. The van der Waals surface area contributed by atoms with Gasteiger partial charge in [-0.25, -0.2) is 0 Å². The van der Waals surface area contributed by atoms with E-state index < -0.39 is 0 Å². The summed E-state index contributed by atoms with van der Waals surface area (Å²) in [5.41, 5.74) is 5.32. The van der Waals surface area contributed by atoms with E-state index in [2.05, 4.69) is 71.5 Å². The SMILES string of the molecule is C=c1/c(=C\c2ccc3c(c2)C2CCCC2N3c2ccc(OC)cc2)sc(=S)n1CCC. The molecule has 1 aromatic heterocycles. The van der Waals surface area contributed by atoms with E-state index in [-0.39, 0.29) is 0 Å². The van der Waals surface area contributed by atoms with Gasteiger partial charge in [-0.2, -0.15) is 0 Å². The predicted molar refractivity (Wildman–Crippen MR) is 134 cm³/mol. The number of benzene rings is 2. The molecule has 3 nitrogen and oxygen atoms in total. The lowest BCUT2D eigenvalue weighted by Crippen LogP contribution is -2.26. The van der Waals surface area contributed by atoms with E-state index in [1.807, 2.05) is 0 Å². The van der Waals surface area contributed by atoms with Crippen molar-refractivity contribution in [1.82, 2.24) is 4.57 Å². The van der Waals surface area contributed by atoms with Crippen LogP contribution < -0.4 is 19.5 Å². The van der Waals surface area contributed by atoms with Crippen LogP contribution in [-0.4, -0.2) is 17.7 Å². The largest absolute Gasteiger partial charge is 0.497 e. The minimum Gasteiger partial charge on any atom is -0.497 e. The number of fused-ring (bicyclic) bond motifs is 3. The van der Waals surface area contributed by atoms with Crippen molar-refractivity contribution < 1.29 is 4.74 Å². The van der Waals surface area contributed by atoms with Gasteiger partial charge >= 0.3 is 0 Å². The summed E-state index contributed by atoms with van der Waals surface area (Å²) in [6, 6.07) is 16.0. The fourth-order valence-electron chi connectivity index (χ4n) is 5.21. The van der Waals surface area contributed by atoms with Gasteiger partial charge in [0, 0.05) is 29.9 Å². The van der Waals surface area contributed by atoms with Gasteiger partial charge in [0.15, 0.2) is 3.95 Å². The van der Waals surface area contributed by atoms with Crippen molar-refractivity contribution >= 4 is 47.6 Å². The standard InChI is InChI=1S/C26H28N2OS2/c1-4-14-27-17(2)25(31-26(27)30)16-18-8-13-24-22(15-18)21-6-5-7-23(21)28(24)19-9-11-20(29-3)12-10-19/h8-13,15-16,21,23H,2,4-7,14H2,1,3H3/b25-16+. The fourth-order valence-corrected chi connectivity index (χ4v) is 6.60. The van der Waals surface area contributed by atoms with Gasteiger partial charge in [-0.1, -0.05) is 26.0 Å². The lowest BCUT2D eigenvalue weighted by atomic mass is 9.96. The third-order valence-electron chi connectivity index (χ3n) is 6.65. The normalized spacial score (nSPS) is 20.2. The topological polar surface area (TPSA) is 17.4 Å². The molecule has 1 aliphatic heterocycles. The molecule has 2 heterocycles. The first kappa shape index (κ1) is 20.5. The van der Waals surface area contributed by atoms with Crippen molar-refractivity contribution in [2.45, 2.75) is 51.1 Å². The zero-order chi connectivity index (χ0) is 21.5. The predicted octanol–water partition coefficient (Wildman–Crippen LogP) is 5.72. The summed E-state index contributed by atoms with van der Waals surface area (Å²) in [6.07, 6.45) is 7.12. The smallest absolute Gasteiger partial charge is 0.162 e. The van der Waals surface area contributed by atoms with Gasteiger partial charge in [-0.15, -0.1) is 11.3 Å². The number of aromatic nitrogens is 1. The molecule has 0 spiro atoms. The summed E-state index contributed by atoms with van der Waals surface area (Å²) < 4.78 is 9.61. The zero-order valence-corrected chi connectivity index (χ0v) is 19.8. The molecule has 2 aliphatic rings. The Morgan fingerprint density at radius 1 is 1.19 bits per heavy atom. The van der Waals surface area contributed by atoms with Crippen LogP contribution in [0.5, 0.6) is 5.75 Å². The Morgan fingerprint density at radius 2 is 2.00 bits per heavy atom. The van der Waals surface area contributed by atoms with Crippen LogP contribution in [0.25, 0.3) is 12.7 Å². The van der Waals surface area contributed by atoms with E-state index in [0.717, 1.165) is 28.0 Å². The molecule has 5 rings (SSSR count). The quantitative estimate of drug-likeness (QED) is 0.465. The van der Waals surface area contributed by atoms with Gasteiger partial charge in [0.25, 0.3) is 0 Å². The second kappa shape index (κ2) is 8.29. The van der Waals surface area contributed by atoms with Gasteiger partial charge in [0.2, 0.25) is 0 Å². The van der Waals surface area contributed by atoms with Gasteiger partial charge in [0.1, 0.15) is 5.75 Å². The summed E-state index contributed by atoms with van der Waals surface area (Å²) in [4.78, 5) is 2.55. The highest BCUT2D eigenvalue weighted by atomic mass is 32.1. The van der Waals surface area contributed by atoms with Crippen LogP contribution in [0.4, 0.5) is 11.4 Å². The number of rotatable bonds is 5. The minimum absolute atomic E-state index is 0.551. The molecule has 0 amide bonds. The second-order valence-electron chi connectivity index (χ2n) is 8.47. The molecule has 2 atom stereocenters. The molecular formula is C26H28N2OS2. The Hall–Kier alpha value is -2.37. The van der Waals surface area contributed by atoms with Crippen molar-refractivity contribution in [3.05, 3.63) is 67.4 Å². The molecule has 2 aromatic carbocycles. The maximum atomic E-state index is 5.58. The van der Waals surface area contributed by atoms with E-state index in [9.17, 15) is 0 Å². The van der Waals surface area contributed by atoms with E-state index in [1.165, 1.54) is 46.3 Å². The number of ether oxygens (including phenoxy) is 1. The number of hydrogen-bond donors (Lipinski definition) is 0. The first-order chi connectivity index (χ1) is 15.1. The highest BCUT2D eigenvalue weighted by Gasteiger charge is 2.42. The van der Waals surface area contributed by atoms with Crippen molar-refractivity contribution in [2.75, 3.05) is 12.0 Å². The molecule has 1 aliphatic carbocycles. The first-order valence-corrected chi connectivity index (χ1v) is 12.3. The van der Waals surface area contributed by atoms with Crippen LogP contribution in [0.1, 0.15) is 49.7 Å². The first-order valence-electron chi connectivity index (χ1n) is 11.1. The molecule has 31 heavy (non-hydrogen) atoms. The molecule has 1 saturated carbocycles. The molecular weight excluding hydrogens is 420 g/mol. The minimum atomic E-state index is 0.551. The van der Waals surface area contributed by atoms with Gasteiger partial charge in [-0.05, 0) is 85.1 Å². The van der Waals surface area contributed by atoms with E-state index in [4.69, 9.17) is 17.0 Å². The van der Waals surface area contributed by atoms with Crippen molar-refractivity contribution in [3.63, 3.8) is 0 Å². The molecule has 160 valence electrons. The molecule has 0 saturated heterocycles. The average Bonchev–Trinajstić information content (AvgIpc) is 3.44. The lowest BCUT2D eigenvalue weighted by molar-refractivity contribution is 0.415. The van der Waals surface area contributed by atoms with Crippen LogP contribution in [0.3, 0.4) is 0 Å². The molecule has 0 radical (unpaired) electrons.